The van der Waals surface area contributed by atoms with Gasteiger partial charge in [-0.15, -0.1) is 0 Å². The zero-order valence-electron chi connectivity index (χ0n) is 16.7. The summed E-state index contributed by atoms with van der Waals surface area (Å²) in [5, 5.41) is 2.77. The molecular weight excluding hydrogens is 472 g/mol. The topological polar surface area (TPSA) is 97.6 Å². The number of nitrogens with one attached hydrogen (secondary N) is 2. The number of benzene rings is 2. The van der Waals surface area contributed by atoms with Gasteiger partial charge in [0.15, 0.2) is 0 Å². The van der Waals surface area contributed by atoms with E-state index in [1.165, 1.54) is 6.07 Å². The smallest absolute Gasteiger partial charge is 0.265 e. The van der Waals surface area contributed by atoms with Crippen LogP contribution in [0.3, 0.4) is 0 Å². The lowest BCUT2D eigenvalue weighted by atomic mass is 10.2. The highest BCUT2D eigenvalue weighted by Crippen LogP contribution is 2.29. The molecule has 3 aromatic rings. The largest absolute Gasteiger partial charge is 0.492 e. The number of aryl methyl sites for hydroxylation is 2. The number of amides is 1. The van der Waals surface area contributed by atoms with Crippen molar-refractivity contribution in [3.05, 3.63) is 70.1 Å². The minimum atomic E-state index is -3.88. The van der Waals surface area contributed by atoms with E-state index in [0.717, 1.165) is 0 Å². The van der Waals surface area contributed by atoms with E-state index in [2.05, 4.69) is 26.0 Å². The van der Waals surface area contributed by atoms with Gasteiger partial charge in [0.2, 0.25) is 0 Å². The van der Waals surface area contributed by atoms with Crippen molar-refractivity contribution in [2.24, 2.45) is 0 Å². The molecular formula is C21H21BrN2O5S. The molecule has 0 unspecified atom stereocenters. The Morgan fingerprint density at radius 1 is 1.07 bits per heavy atom. The van der Waals surface area contributed by atoms with E-state index < -0.39 is 10.0 Å². The molecule has 0 atom stereocenters. The molecule has 0 saturated heterocycles. The maximum atomic E-state index is 12.8. The molecule has 0 aliphatic rings. The van der Waals surface area contributed by atoms with Crippen LogP contribution in [0.15, 0.2) is 62.3 Å². The van der Waals surface area contributed by atoms with Crippen molar-refractivity contribution in [3.63, 3.8) is 0 Å². The van der Waals surface area contributed by atoms with Gasteiger partial charge in [0, 0.05) is 15.8 Å². The van der Waals surface area contributed by atoms with Gasteiger partial charge in [0.1, 0.15) is 22.2 Å². The maximum Gasteiger partial charge on any atom is 0.265 e. The second-order valence-corrected chi connectivity index (χ2v) is 9.05. The SMILES string of the molecule is CCOc1ccc(Br)cc1S(=O)(=O)Nc1ccc(NC(=O)c2cc(C)oc2C)cc1. The second-order valence-electron chi connectivity index (χ2n) is 6.49. The molecule has 1 heterocycles. The van der Waals surface area contributed by atoms with Gasteiger partial charge in [-0.05, 0) is 69.3 Å². The predicted octanol–water partition coefficient (Wildman–Crippen LogP) is 5.11. The molecule has 2 aromatic carbocycles. The number of carbonyl (C=O) groups excluding carboxylic acids is 1. The molecule has 0 aliphatic heterocycles. The highest BCUT2D eigenvalue weighted by Gasteiger charge is 2.21. The Kier molecular flexibility index (Phi) is 6.52. The third-order valence-electron chi connectivity index (χ3n) is 4.18. The van der Waals surface area contributed by atoms with E-state index >= 15 is 0 Å². The van der Waals surface area contributed by atoms with Gasteiger partial charge in [-0.1, -0.05) is 15.9 Å². The number of halogens is 1. The molecule has 3 rings (SSSR count). The first kappa shape index (κ1) is 21.9. The van der Waals surface area contributed by atoms with E-state index in [1.54, 1.807) is 63.2 Å². The Balaban J connectivity index is 1.76. The highest BCUT2D eigenvalue weighted by molar-refractivity contribution is 9.10. The second kappa shape index (κ2) is 8.93. The van der Waals surface area contributed by atoms with Crippen molar-refractivity contribution in [1.29, 1.82) is 0 Å². The minimum Gasteiger partial charge on any atom is -0.492 e. The maximum absolute atomic E-state index is 12.8. The lowest BCUT2D eigenvalue weighted by Crippen LogP contribution is -2.15. The van der Waals surface area contributed by atoms with Crippen LogP contribution in [0.5, 0.6) is 5.75 Å². The Morgan fingerprint density at radius 2 is 1.73 bits per heavy atom. The first-order chi connectivity index (χ1) is 14.2. The van der Waals surface area contributed by atoms with Crippen molar-refractivity contribution in [1.82, 2.24) is 0 Å². The number of anilines is 2. The number of sulfonamides is 1. The Hall–Kier alpha value is -2.78. The van der Waals surface area contributed by atoms with Crippen LogP contribution in [0.25, 0.3) is 0 Å². The van der Waals surface area contributed by atoms with Crippen LogP contribution in [-0.2, 0) is 10.0 Å². The van der Waals surface area contributed by atoms with Gasteiger partial charge in [0.25, 0.3) is 15.9 Å². The van der Waals surface area contributed by atoms with Crippen molar-refractivity contribution in [2.75, 3.05) is 16.6 Å². The summed E-state index contributed by atoms with van der Waals surface area (Å²) < 4.78 is 39.6. The molecule has 1 amide bonds. The molecule has 158 valence electrons. The molecule has 0 saturated carbocycles. The fourth-order valence-electron chi connectivity index (χ4n) is 2.85. The van der Waals surface area contributed by atoms with Crippen LogP contribution in [0.4, 0.5) is 11.4 Å². The van der Waals surface area contributed by atoms with Gasteiger partial charge in [-0.3, -0.25) is 9.52 Å². The van der Waals surface area contributed by atoms with Crippen molar-refractivity contribution in [3.8, 4) is 5.75 Å². The van der Waals surface area contributed by atoms with E-state index in [4.69, 9.17) is 9.15 Å². The third kappa shape index (κ3) is 5.03. The standard InChI is InChI=1S/C21H21BrN2O5S/c1-4-28-19-10-5-15(22)12-20(19)30(26,27)24-17-8-6-16(7-9-17)23-21(25)18-11-13(2)29-14(18)3/h5-12,24H,4H2,1-3H3,(H,23,25). The monoisotopic (exact) mass is 492 g/mol. The number of hydrogen-bond donors (Lipinski definition) is 2. The Bertz CT molecular complexity index is 1170. The first-order valence-electron chi connectivity index (χ1n) is 9.13. The summed E-state index contributed by atoms with van der Waals surface area (Å²) in [6.07, 6.45) is 0. The number of ether oxygens (including phenoxy) is 1. The molecule has 0 spiro atoms. The Labute approximate surface area is 183 Å². The van der Waals surface area contributed by atoms with Gasteiger partial charge in [-0.25, -0.2) is 8.42 Å². The zero-order chi connectivity index (χ0) is 21.9. The number of rotatable bonds is 7. The van der Waals surface area contributed by atoms with E-state index in [0.29, 0.717) is 39.5 Å². The zero-order valence-corrected chi connectivity index (χ0v) is 19.1. The summed E-state index contributed by atoms with van der Waals surface area (Å²) in [7, 11) is -3.88. The molecule has 7 nitrogen and oxygen atoms in total. The van der Waals surface area contributed by atoms with Crippen LogP contribution in [0, 0.1) is 13.8 Å². The van der Waals surface area contributed by atoms with E-state index in [-0.39, 0.29) is 16.6 Å². The normalized spacial score (nSPS) is 11.2. The van der Waals surface area contributed by atoms with Gasteiger partial charge in [0.05, 0.1) is 12.2 Å². The lowest BCUT2D eigenvalue weighted by Gasteiger charge is -2.13. The molecule has 0 radical (unpaired) electrons. The van der Waals surface area contributed by atoms with E-state index in [1.807, 2.05) is 0 Å². The summed E-state index contributed by atoms with van der Waals surface area (Å²) in [6, 6.07) is 12.8. The first-order valence-corrected chi connectivity index (χ1v) is 11.4. The third-order valence-corrected chi connectivity index (χ3v) is 6.07. The van der Waals surface area contributed by atoms with Crippen molar-refractivity contribution >= 4 is 43.2 Å². The van der Waals surface area contributed by atoms with Gasteiger partial charge >= 0.3 is 0 Å². The fourth-order valence-corrected chi connectivity index (χ4v) is 4.60. The molecule has 9 heteroatoms. The summed E-state index contributed by atoms with van der Waals surface area (Å²) in [5.74, 6) is 1.16. The van der Waals surface area contributed by atoms with E-state index in [9.17, 15) is 13.2 Å². The quantitative estimate of drug-likeness (QED) is 0.477. The molecule has 30 heavy (non-hydrogen) atoms. The average Bonchev–Trinajstić information content (AvgIpc) is 3.03. The van der Waals surface area contributed by atoms with Crippen LogP contribution >= 0.6 is 15.9 Å². The average molecular weight is 493 g/mol. The summed E-state index contributed by atoms with van der Waals surface area (Å²) in [4.78, 5) is 12.4. The molecule has 0 aliphatic carbocycles. The van der Waals surface area contributed by atoms with Crippen molar-refractivity contribution in [2.45, 2.75) is 25.7 Å². The lowest BCUT2D eigenvalue weighted by molar-refractivity contribution is 0.102. The van der Waals surface area contributed by atoms with Crippen LogP contribution in [0.2, 0.25) is 0 Å². The molecule has 1 aromatic heterocycles. The molecule has 2 N–H and O–H groups in total. The number of hydrogen-bond acceptors (Lipinski definition) is 5. The highest BCUT2D eigenvalue weighted by atomic mass is 79.9. The van der Waals surface area contributed by atoms with Crippen molar-refractivity contribution < 1.29 is 22.4 Å². The fraction of sp³-hybridized carbons (Fsp3) is 0.190. The van der Waals surface area contributed by atoms with Gasteiger partial charge in [-0.2, -0.15) is 0 Å². The molecule has 0 bridgehead atoms. The van der Waals surface area contributed by atoms with Crippen LogP contribution in [-0.4, -0.2) is 20.9 Å². The summed E-state index contributed by atoms with van der Waals surface area (Å²) in [6.45, 7) is 5.62. The minimum absolute atomic E-state index is 0.0295. The number of carbonyl (C=O) groups is 1. The Morgan fingerprint density at radius 3 is 2.33 bits per heavy atom. The number of furan rings is 1. The summed E-state index contributed by atoms with van der Waals surface area (Å²) >= 11 is 3.29. The molecule has 0 fully saturated rings. The van der Waals surface area contributed by atoms with Gasteiger partial charge < -0.3 is 14.5 Å². The predicted molar refractivity (Wildman–Crippen MR) is 119 cm³/mol. The van der Waals surface area contributed by atoms with Crippen LogP contribution < -0.4 is 14.8 Å². The summed E-state index contributed by atoms with van der Waals surface area (Å²) in [5.41, 5.74) is 1.33. The van der Waals surface area contributed by atoms with Crippen LogP contribution in [0.1, 0.15) is 28.8 Å².